The third-order valence-corrected chi connectivity index (χ3v) is 6.63. The molecule has 2 saturated heterocycles. The van der Waals surface area contributed by atoms with E-state index in [0.29, 0.717) is 25.2 Å². The molecule has 0 atom stereocenters. The molecule has 2 aliphatic heterocycles. The third kappa shape index (κ3) is 3.42. The van der Waals surface area contributed by atoms with Crippen molar-refractivity contribution in [3.63, 3.8) is 0 Å². The van der Waals surface area contributed by atoms with Crippen LogP contribution in [-0.2, 0) is 4.79 Å². The van der Waals surface area contributed by atoms with Crippen LogP contribution in [0.3, 0.4) is 0 Å². The highest BCUT2D eigenvalue weighted by Gasteiger charge is 2.47. The van der Waals surface area contributed by atoms with Crippen molar-refractivity contribution in [2.45, 2.75) is 31.6 Å². The minimum Gasteiger partial charge on any atom is -0.342 e. The molecule has 0 bridgehead atoms. The number of hydrogen-bond acceptors (Lipinski definition) is 5. The number of likely N-dealkylation sites (tertiary alicyclic amines) is 1. The number of nitrogens with zero attached hydrogens (tertiary/aromatic N) is 3. The quantitative estimate of drug-likeness (QED) is 0.597. The summed E-state index contributed by atoms with van der Waals surface area (Å²) in [6, 6.07) is 5.91. The molecular weight excluding hydrogens is 354 g/mol. The number of thioether (sulfide) groups is 1. The lowest BCUT2D eigenvalue weighted by Gasteiger charge is -2.44. The van der Waals surface area contributed by atoms with E-state index >= 15 is 0 Å². The zero-order valence-electron chi connectivity index (χ0n) is 15.0. The van der Waals surface area contributed by atoms with Gasteiger partial charge in [0.25, 0.3) is 11.6 Å². The SMILES string of the molecule is CC(C)C(=O)N1CCC2(CC1)SCCN2C(=O)c1cccc([N+](=O)[O-])c1. The fraction of sp³-hybridized carbons (Fsp3) is 0.556. The van der Waals surface area contributed by atoms with Gasteiger partial charge in [-0.05, 0) is 18.9 Å². The minimum absolute atomic E-state index is 0.0251. The second-order valence-electron chi connectivity index (χ2n) is 7.04. The largest absolute Gasteiger partial charge is 0.342 e. The number of benzene rings is 1. The molecule has 0 unspecified atom stereocenters. The molecule has 0 saturated carbocycles. The highest BCUT2D eigenvalue weighted by molar-refractivity contribution is 8.00. The van der Waals surface area contributed by atoms with Gasteiger partial charge in [0.05, 0.1) is 9.79 Å². The van der Waals surface area contributed by atoms with Crippen molar-refractivity contribution in [3.8, 4) is 0 Å². The van der Waals surface area contributed by atoms with Crippen LogP contribution in [-0.4, -0.2) is 56.8 Å². The van der Waals surface area contributed by atoms with E-state index in [2.05, 4.69) is 0 Å². The highest BCUT2D eigenvalue weighted by Crippen LogP contribution is 2.44. The summed E-state index contributed by atoms with van der Waals surface area (Å²) in [4.78, 5) is 39.2. The molecule has 1 aromatic carbocycles. The Balaban J connectivity index is 1.76. The van der Waals surface area contributed by atoms with E-state index in [1.54, 1.807) is 23.9 Å². The predicted molar refractivity (Wildman–Crippen MR) is 100.0 cm³/mol. The van der Waals surface area contributed by atoms with Crippen molar-refractivity contribution in [1.29, 1.82) is 0 Å². The lowest BCUT2D eigenvalue weighted by molar-refractivity contribution is -0.384. The Hall–Kier alpha value is -2.09. The van der Waals surface area contributed by atoms with Crippen LogP contribution in [0.25, 0.3) is 0 Å². The molecule has 0 radical (unpaired) electrons. The molecule has 2 amide bonds. The molecule has 3 rings (SSSR count). The summed E-state index contributed by atoms with van der Waals surface area (Å²) >= 11 is 1.76. The second kappa shape index (κ2) is 7.26. The highest BCUT2D eigenvalue weighted by atomic mass is 32.2. The minimum atomic E-state index is -0.485. The Morgan fingerprint density at radius 2 is 1.92 bits per heavy atom. The second-order valence-corrected chi connectivity index (χ2v) is 8.50. The van der Waals surface area contributed by atoms with Crippen molar-refractivity contribution >= 4 is 29.3 Å². The number of nitro benzene ring substituents is 1. The van der Waals surface area contributed by atoms with Gasteiger partial charge < -0.3 is 9.80 Å². The number of hydrogen-bond donors (Lipinski definition) is 0. The molecule has 0 aromatic heterocycles. The number of carbonyl (C=O) groups excluding carboxylic acids is 2. The maximum absolute atomic E-state index is 13.0. The van der Waals surface area contributed by atoms with Gasteiger partial charge in [0, 0.05) is 49.0 Å². The van der Waals surface area contributed by atoms with Crippen LogP contribution in [0.4, 0.5) is 5.69 Å². The zero-order chi connectivity index (χ0) is 18.9. The van der Waals surface area contributed by atoms with Crippen LogP contribution in [0.5, 0.6) is 0 Å². The maximum Gasteiger partial charge on any atom is 0.270 e. The van der Waals surface area contributed by atoms with Gasteiger partial charge in [0.15, 0.2) is 0 Å². The Kier molecular flexibility index (Phi) is 5.22. The molecule has 8 heteroatoms. The summed E-state index contributed by atoms with van der Waals surface area (Å²) in [7, 11) is 0. The first-order valence-electron chi connectivity index (χ1n) is 8.83. The molecule has 140 valence electrons. The molecule has 2 aliphatic rings. The first-order chi connectivity index (χ1) is 12.3. The van der Waals surface area contributed by atoms with E-state index in [9.17, 15) is 19.7 Å². The van der Waals surface area contributed by atoms with Crippen LogP contribution < -0.4 is 0 Å². The first-order valence-corrected chi connectivity index (χ1v) is 9.82. The molecule has 7 nitrogen and oxygen atoms in total. The van der Waals surface area contributed by atoms with E-state index in [-0.39, 0.29) is 28.3 Å². The van der Waals surface area contributed by atoms with Crippen molar-refractivity contribution in [2.24, 2.45) is 5.92 Å². The number of amides is 2. The van der Waals surface area contributed by atoms with Crippen molar-refractivity contribution < 1.29 is 14.5 Å². The van der Waals surface area contributed by atoms with Gasteiger partial charge >= 0.3 is 0 Å². The topological polar surface area (TPSA) is 83.8 Å². The van der Waals surface area contributed by atoms with E-state index in [1.165, 1.54) is 12.1 Å². The fourth-order valence-electron chi connectivity index (χ4n) is 3.66. The number of rotatable bonds is 3. The first kappa shape index (κ1) is 18.7. The standard InChI is InChI=1S/C18H23N3O4S/c1-13(2)16(22)19-8-6-18(7-9-19)20(10-11-26-18)17(23)14-4-3-5-15(12-14)21(24)25/h3-5,12-13H,6-11H2,1-2H3. The molecule has 1 aromatic rings. The molecule has 0 N–H and O–H groups in total. The van der Waals surface area contributed by atoms with E-state index < -0.39 is 4.92 Å². The van der Waals surface area contributed by atoms with Gasteiger partial charge in [0.1, 0.15) is 0 Å². The normalized spacial score (nSPS) is 19.2. The molecule has 0 aliphatic carbocycles. The Bertz CT molecular complexity index is 729. The lowest BCUT2D eigenvalue weighted by atomic mass is 9.99. The molecule has 1 spiro atoms. The smallest absolute Gasteiger partial charge is 0.270 e. The predicted octanol–water partition coefficient (Wildman–Crippen LogP) is 2.76. The molecule has 2 fully saturated rings. The maximum atomic E-state index is 13.0. The Morgan fingerprint density at radius 3 is 2.54 bits per heavy atom. The summed E-state index contributed by atoms with van der Waals surface area (Å²) in [6.07, 6.45) is 1.47. The van der Waals surface area contributed by atoms with Gasteiger partial charge in [-0.15, -0.1) is 11.8 Å². The number of carbonyl (C=O) groups is 2. The van der Waals surface area contributed by atoms with E-state index in [4.69, 9.17) is 0 Å². The summed E-state index contributed by atoms with van der Waals surface area (Å²) in [5, 5.41) is 11.0. The van der Waals surface area contributed by atoms with Crippen LogP contribution in [0.1, 0.15) is 37.0 Å². The average Bonchev–Trinajstić information content (AvgIpc) is 3.04. The lowest BCUT2D eigenvalue weighted by Crippen LogP contribution is -2.54. The zero-order valence-corrected chi connectivity index (χ0v) is 15.8. The average molecular weight is 377 g/mol. The summed E-state index contributed by atoms with van der Waals surface area (Å²) in [5.41, 5.74) is 0.274. The number of piperidine rings is 1. The van der Waals surface area contributed by atoms with Gasteiger partial charge in [-0.1, -0.05) is 19.9 Å². The third-order valence-electron chi connectivity index (χ3n) is 5.08. The van der Waals surface area contributed by atoms with Crippen molar-refractivity contribution in [1.82, 2.24) is 9.80 Å². The fourth-order valence-corrected chi connectivity index (χ4v) is 5.11. The van der Waals surface area contributed by atoms with Gasteiger partial charge in [-0.3, -0.25) is 19.7 Å². The van der Waals surface area contributed by atoms with Gasteiger partial charge in [-0.2, -0.15) is 0 Å². The van der Waals surface area contributed by atoms with Crippen molar-refractivity contribution in [2.75, 3.05) is 25.4 Å². The van der Waals surface area contributed by atoms with E-state index in [0.717, 1.165) is 18.6 Å². The van der Waals surface area contributed by atoms with Crippen LogP contribution in [0, 0.1) is 16.0 Å². The monoisotopic (exact) mass is 377 g/mol. The Morgan fingerprint density at radius 1 is 1.23 bits per heavy atom. The van der Waals surface area contributed by atoms with Crippen LogP contribution >= 0.6 is 11.8 Å². The van der Waals surface area contributed by atoms with Crippen molar-refractivity contribution in [3.05, 3.63) is 39.9 Å². The summed E-state index contributed by atoms with van der Waals surface area (Å²) < 4.78 is 0. The Labute approximate surface area is 156 Å². The summed E-state index contributed by atoms with van der Waals surface area (Å²) in [5.74, 6) is 0.809. The number of non-ortho nitro benzene ring substituents is 1. The molecule has 2 heterocycles. The van der Waals surface area contributed by atoms with Gasteiger partial charge in [-0.25, -0.2) is 0 Å². The molecular formula is C18H23N3O4S. The molecule has 26 heavy (non-hydrogen) atoms. The van der Waals surface area contributed by atoms with E-state index in [1.807, 2.05) is 23.6 Å². The van der Waals surface area contributed by atoms with Crippen LogP contribution in [0.15, 0.2) is 24.3 Å². The number of nitro groups is 1. The van der Waals surface area contributed by atoms with Gasteiger partial charge in [0.2, 0.25) is 5.91 Å². The van der Waals surface area contributed by atoms with Crippen LogP contribution in [0.2, 0.25) is 0 Å². The summed E-state index contributed by atoms with van der Waals surface area (Å²) in [6.45, 7) is 5.71.